The van der Waals surface area contributed by atoms with Crippen molar-refractivity contribution in [2.75, 3.05) is 24.3 Å². The fraction of sp³-hybridized carbons (Fsp3) is 0.200. The molecule has 1 amide bonds. The molecule has 3 N–H and O–H groups in total. The average Bonchev–Trinajstić information content (AvgIpc) is 2.49. The van der Waals surface area contributed by atoms with Crippen LogP contribution in [0.1, 0.15) is 15.9 Å². The lowest BCUT2D eigenvalue weighted by atomic mass is 10.1. The van der Waals surface area contributed by atoms with Gasteiger partial charge in [0.25, 0.3) is 5.91 Å². The lowest BCUT2D eigenvalue weighted by Gasteiger charge is -2.09. The predicted molar refractivity (Wildman–Crippen MR) is 78.9 cm³/mol. The molecule has 1 aromatic heterocycles. The van der Waals surface area contributed by atoms with Gasteiger partial charge < -0.3 is 15.7 Å². The maximum atomic E-state index is 13.2. The molecule has 6 heteroatoms. The van der Waals surface area contributed by atoms with Crippen LogP contribution in [0, 0.1) is 5.82 Å². The molecule has 0 aliphatic heterocycles. The zero-order chi connectivity index (χ0) is 15.2. The third kappa shape index (κ3) is 3.76. The third-order valence-electron chi connectivity index (χ3n) is 2.95. The average molecular weight is 289 g/mol. The zero-order valence-corrected chi connectivity index (χ0v) is 11.6. The molecule has 1 aromatic carbocycles. The van der Waals surface area contributed by atoms with E-state index in [0.29, 0.717) is 17.9 Å². The summed E-state index contributed by atoms with van der Waals surface area (Å²) in [6.45, 7) is 0.0756. The maximum absolute atomic E-state index is 13.2. The number of aromatic nitrogens is 1. The van der Waals surface area contributed by atoms with Crippen molar-refractivity contribution < 1.29 is 14.3 Å². The highest BCUT2D eigenvalue weighted by Crippen LogP contribution is 2.16. The number of aliphatic hydroxyl groups is 1. The Kier molecular flexibility index (Phi) is 4.84. The third-order valence-corrected chi connectivity index (χ3v) is 2.95. The molecule has 0 radical (unpaired) electrons. The number of halogens is 1. The largest absolute Gasteiger partial charge is 0.396 e. The lowest BCUT2D eigenvalue weighted by Crippen LogP contribution is -2.15. The van der Waals surface area contributed by atoms with Crippen LogP contribution in [0.3, 0.4) is 0 Å². The Morgan fingerprint density at radius 1 is 1.33 bits per heavy atom. The smallest absolute Gasteiger partial charge is 0.259 e. The molecule has 0 atom stereocenters. The van der Waals surface area contributed by atoms with Crippen LogP contribution in [0.2, 0.25) is 0 Å². The van der Waals surface area contributed by atoms with E-state index in [1.54, 1.807) is 19.2 Å². The van der Waals surface area contributed by atoms with E-state index in [0.717, 1.165) is 17.8 Å². The van der Waals surface area contributed by atoms with Gasteiger partial charge in [-0.3, -0.25) is 4.79 Å². The van der Waals surface area contributed by atoms with E-state index in [4.69, 9.17) is 5.11 Å². The second-order valence-corrected chi connectivity index (χ2v) is 4.42. The fourth-order valence-electron chi connectivity index (χ4n) is 1.89. The summed E-state index contributed by atoms with van der Waals surface area (Å²) in [5, 5.41) is 14.3. The molecule has 0 fully saturated rings. The molecule has 0 aliphatic carbocycles. The summed E-state index contributed by atoms with van der Waals surface area (Å²) in [6.07, 6.45) is 1.61. The first-order valence-corrected chi connectivity index (χ1v) is 6.48. The highest BCUT2D eigenvalue weighted by molar-refractivity contribution is 6.07. The Bertz CT molecular complexity index is 629. The Labute approximate surface area is 121 Å². The normalized spacial score (nSPS) is 10.2. The minimum atomic E-state index is -0.572. The molecule has 2 rings (SSSR count). The van der Waals surface area contributed by atoms with Crippen LogP contribution in [0.5, 0.6) is 0 Å². The summed E-state index contributed by atoms with van der Waals surface area (Å²) in [5.74, 6) is -0.704. The van der Waals surface area contributed by atoms with Crippen LogP contribution in [0.15, 0.2) is 36.5 Å². The number of hydrogen-bond acceptors (Lipinski definition) is 4. The van der Waals surface area contributed by atoms with E-state index in [1.807, 2.05) is 12.1 Å². The zero-order valence-electron chi connectivity index (χ0n) is 11.6. The van der Waals surface area contributed by atoms with Crippen molar-refractivity contribution in [3.8, 4) is 0 Å². The number of anilines is 2. The number of hydrogen-bond donors (Lipinski definition) is 3. The second kappa shape index (κ2) is 6.81. The number of nitrogens with one attached hydrogen (secondary N) is 2. The van der Waals surface area contributed by atoms with E-state index >= 15 is 0 Å². The first kappa shape index (κ1) is 14.9. The van der Waals surface area contributed by atoms with Gasteiger partial charge in [-0.15, -0.1) is 0 Å². The number of amides is 1. The van der Waals surface area contributed by atoms with Gasteiger partial charge in [0.2, 0.25) is 0 Å². The molecule has 0 spiro atoms. The number of benzene rings is 1. The van der Waals surface area contributed by atoms with Gasteiger partial charge >= 0.3 is 0 Å². The fourth-order valence-corrected chi connectivity index (χ4v) is 1.89. The first-order valence-electron chi connectivity index (χ1n) is 6.48. The van der Waals surface area contributed by atoms with Gasteiger partial charge in [0.05, 0.1) is 11.8 Å². The van der Waals surface area contributed by atoms with Crippen molar-refractivity contribution in [3.63, 3.8) is 0 Å². The molecular formula is C15H16FN3O2. The summed E-state index contributed by atoms with van der Waals surface area (Å²) < 4.78 is 13.2. The van der Waals surface area contributed by atoms with Crippen molar-refractivity contribution in [1.82, 2.24) is 4.98 Å². The van der Waals surface area contributed by atoms with Crippen LogP contribution in [-0.2, 0) is 6.42 Å². The topological polar surface area (TPSA) is 74.2 Å². The highest BCUT2D eigenvalue weighted by Gasteiger charge is 2.13. The number of carbonyl (C=O) groups excluding carboxylic acids is 1. The Morgan fingerprint density at radius 2 is 2.05 bits per heavy atom. The van der Waals surface area contributed by atoms with Crippen LogP contribution >= 0.6 is 0 Å². The Hall–Kier alpha value is -2.47. The minimum absolute atomic E-state index is 0.0756. The molecule has 110 valence electrons. The van der Waals surface area contributed by atoms with E-state index in [9.17, 15) is 9.18 Å². The van der Waals surface area contributed by atoms with Crippen molar-refractivity contribution in [3.05, 3.63) is 53.5 Å². The van der Waals surface area contributed by atoms with E-state index in [2.05, 4.69) is 15.6 Å². The van der Waals surface area contributed by atoms with E-state index < -0.39 is 11.7 Å². The van der Waals surface area contributed by atoms with Crippen LogP contribution in [-0.4, -0.2) is 29.7 Å². The van der Waals surface area contributed by atoms with Crippen molar-refractivity contribution >= 4 is 17.4 Å². The monoisotopic (exact) mass is 289 g/mol. The quantitative estimate of drug-likeness (QED) is 0.787. The second-order valence-electron chi connectivity index (χ2n) is 4.42. The van der Waals surface area contributed by atoms with Crippen LogP contribution in [0.4, 0.5) is 15.9 Å². The lowest BCUT2D eigenvalue weighted by molar-refractivity contribution is 0.102. The Morgan fingerprint density at radius 3 is 2.67 bits per heavy atom. The Balaban J connectivity index is 2.15. The first-order chi connectivity index (χ1) is 10.1. The number of rotatable bonds is 5. The van der Waals surface area contributed by atoms with Gasteiger partial charge in [0, 0.05) is 19.3 Å². The summed E-state index contributed by atoms with van der Waals surface area (Å²) in [5.41, 5.74) is 1.70. The summed E-state index contributed by atoms with van der Waals surface area (Å²) >= 11 is 0. The molecule has 0 saturated carbocycles. The molecule has 2 aromatic rings. The van der Waals surface area contributed by atoms with Crippen molar-refractivity contribution in [2.24, 2.45) is 0 Å². The molecule has 0 bridgehead atoms. The number of aliphatic hydroxyl groups excluding tert-OH is 1. The maximum Gasteiger partial charge on any atom is 0.259 e. The van der Waals surface area contributed by atoms with Gasteiger partial charge in [0.1, 0.15) is 11.6 Å². The highest BCUT2D eigenvalue weighted by atomic mass is 19.1. The van der Waals surface area contributed by atoms with Crippen LogP contribution < -0.4 is 10.6 Å². The molecule has 0 unspecified atom stereocenters. The standard InChI is InChI=1S/C15H16FN3O2/c1-17-14-13(8-11(16)9-18-14)15(21)19-12-4-2-10(3-5-12)6-7-20/h2-5,8-9,20H,6-7H2,1H3,(H,17,18)(H,19,21). The predicted octanol–water partition coefficient (Wildman–Crippen LogP) is 2.05. The van der Waals surface area contributed by atoms with Gasteiger partial charge in [-0.2, -0.15) is 0 Å². The molecular weight excluding hydrogens is 273 g/mol. The number of pyridine rings is 1. The van der Waals surface area contributed by atoms with Gasteiger partial charge in [-0.05, 0) is 30.2 Å². The minimum Gasteiger partial charge on any atom is -0.396 e. The van der Waals surface area contributed by atoms with E-state index in [1.165, 1.54) is 0 Å². The van der Waals surface area contributed by atoms with Crippen molar-refractivity contribution in [1.29, 1.82) is 0 Å². The summed E-state index contributed by atoms with van der Waals surface area (Å²) in [7, 11) is 1.61. The van der Waals surface area contributed by atoms with E-state index in [-0.39, 0.29) is 12.2 Å². The number of nitrogens with zero attached hydrogens (tertiary/aromatic N) is 1. The van der Waals surface area contributed by atoms with Crippen LogP contribution in [0.25, 0.3) is 0 Å². The summed E-state index contributed by atoms with van der Waals surface area (Å²) in [4.78, 5) is 16.0. The van der Waals surface area contributed by atoms with Gasteiger partial charge in [0.15, 0.2) is 0 Å². The molecule has 5 nitrogen and oxygen atoms in total. The molecule has 0 aliphatic rings. The van der Waals surface area contributed by atoms with Gasteiger partial charge in [-0.25, -0.2) is 9.37 Å². The molecule has 21 heavy (non-hydrogen) atoms. The molecule has 1 heterocycles. The van der Waals surface area contributed by atoms with Gasteiger partial charge in [-0.1, -0.05) is 12.1 Å². The summed E-state index contributed by atoms with van der Waals surface area (Å²) in [6, 6.07) is 8.22. The number of carbonyl (C=O) groups is 1. The van der Waals surface area contributed by atoms with Crippen molar-refractivity contribution in [2.45, 2.75) is 6.42 Å². The SMILES string of the molecule is CNc1ncc(F)cc1C(=O)Nc1ccc(CCO)cc1. The molecule has 0 saturated heterocycles.